The van der Waals surface area contributed by atoms with E-state index in [9.17, 15) is 27.9 Å². The van der Waals surface area contributed by atoms with Crippen molar-refractivity contribution in [2.75, 3.05) is 11.4 Å². The number of carbonyl (C=O) groups excluding carboxylic acids is 2. The number of nitrogens with zero attached hydrogens (tertiary/aromatic N) is 3. The van der Waals surface area contributed by atoms with Gasteiger partial charge in [0.15, 0.2) is 0 Å². The van der Waals surface area contributed by atoms with Crippen LogP contribution in [0.4, 0.5) is 18.9 Å². The standard InChI is InChI=1S/C21H24F3N3O4/c1-12-10-26(15-5-6-16(21(22,23)24)14(7-15)11-28)19(30)18-13(9-25-27(12)18)8-17(29)31-20(2,3)4/h5-7,9,12,28H,8,10-11H2,1-4H3/t12-/m0/s1. The average molecular weight is 439 g/mol. The molecule has 1 N–H and O–H groups in total. The lowest BCUT2D eigenvalue weighted by molar-refractivity contribution is -0.154. The summed E-state index contributed by atoms with van der Waals surface area (Å²) in [5.74, 6) is -1.00. The zero-order valence-electron chi connectivity index (χ0n) is 17.7. The smallest absolute Gasteiger partial charge is 0.416 e. The summed E-state index contributed by atoms with van der Waals surface area (Å²) in [5, 5.41) is 13.6. The predicted octanol–water partition coefficient (Wildman–Crippen LogP) is 3.50. The van der Waals surface area contributed by atoms with Gasteiger partial charge in [-0.15, -0.1) is 0 Å². The Kier molecular flexibility index (Phi) is 5.88. The number of hydrogen-bond donors (Lipinski definition) is 1. The minimum absolute atomic E-state index is 0.159. The van der Waals surface area contributed by atoms with Gasteiger partial charge < -0.3 is 14.7 Å². The van der Waals surface area contributed by atoms with Gasteiger partial charge in [-0.05, 0) is 51.5 Å². The molecule has 3 rings (SSSR count). The summed E-state index contributed by atoms with van der Waals surface area (Å²) in [4.78, 5) is 26.8. The largest absolute Gasteiger partial charge is 0.460 e. The zero-order valence-corrected chi connectivity index (χ0v) is 17.7. The van der Waals surface area contributed by atoms with Crippen molar-refractivity contribution in [1.29, 1.82) is 0 Å². The molecule has 168 valence electrons. The summed E-state index contributed by atoms with van der Waals surface area (Å²) in [5.41, 5.74) is -1.16. The summed E-state index contributed by atoms with van der Waals surface area (Å²) in [6.07, 6.45) is -3.34. The van der Waals surface area contributed by atoms with Crippen LogP contribution in [-0.4, -0.2) is 38.9 Å². The monoisotopic (exact) mass is 439 g/mol. The Bertz CT molecular complexity index is 1010. The van der Waals surface area contributed by atoms with Crippen LogP contribution in [0.2, 0.25) is 0 Å². The fourth-order valence-electron chi connectivity index (χ4n) is 3.56. The van der Waals surface area contributed by atoms with Crippen molar-refractivity contribution in [3.05, 3.63) is 46.8 Å². The highest BCUT2D eigenvalue weighted by Gasteiger charge is 2.36. The second kappa shape index (κ2) is 7.99. The van der Waals surface area contributed by atoms with Gasteiger partial charge in [0, 0.05) is 17.8 Å². The van der Waals surface area contributed by atoms with Crippen LogP contribution in [0.15, 0.2) is 24.4 Å². The molecule has 2 aromatic rings. The number of carbonyl (C=O) groups is 2. The maximum Gasteiger partial charge on any atom is 0.416 e. The quantitative estimate of drug-likeness (QED) is 0.738. The molecule has 0 aliphatic carbocycles. The molecule has 31 heavy (non-hydrogen) atoms. The van der Waals surface area contributed by atoms with Gasteiger partial charge in [0.05, 0.1) is 30.8 Å². The Morgan fingerprint density at radius 1 is 1.26 bits per heavy atom. The average Bonchev–Trinajstić information content (AvgIpc) is 3.06. The first-order valence-corrected chi connectivity index (χ1v) is 9.73. The maximum absolute atomic E-state index is 13.2. The van der Waals surface area contributed by atoms with Gasteiger partial charge in [0.25, 0.3) is 5.91 Å². The maximum atomic E-state index is 13.2. The molecule has 0 unspecified atom stereocenters. The van der Waals surface area contributed by atoms with E-state index in [0.29, 0.717) is 5.56 Å². The van der Waals surface area contributed by atoms with Gasteiger partial charge in [-0.2, -0.15) is 18.3 Å². The molecule has 0 fully saturated rings. The van der Waals surface area contributed by atoms with Crippen molar-refractivity contribution < 1.29 is 32.6 Å². The van der Waals surface area contributed by atoms with Crippen LogP contribution in [0.25, 0.3) is 0 Å². The van der Waals surface area contributed by atoms with Gasteiger partial charge in [-0.25, -0.2) is 0 Å². The molecule has 1 atom stereocenters. The van der Waals surface area contributed by atoms with Crippen LogP contribution in [-0.2, 0) is 28.7 Å². The molecule has 1 amide bonds. The SMILES string of the molecule is C[C@H]1CN(c2ccc(C(F)(F)F)c(CO)c2)C(=O)c2c(CC(=O)OC(C)(C)C)cnn21. The van der Waals surface area contributed by atoms with Gasteiger partial charge in [0.2, 0.25) is 0 Å². The third-order valence-electron chi connectivity index (χ3n) is 4.81. The second-order valence-electron chi connectivity index (χ2n) is 8.49. The van der Waals surface area contributed by atoms with Crippen molar-refractivity contribution in [3.63, 3.8) is 0 Å². The van der Waals surface area contributed by atoms with Gasteiger partial charge in [-0.1, -0.05) is 0 Å². The van der Waals surface area contributed by atoms with Gasteiger partial charge >= 0.3 is 12.1 Å². The minimum Gasteiger partial charge on any atom is -0.460 e. The molecule has 0 saturated heterocycles. The highest BCUT2D eigenvalue weighted by Crippen LogP contribution is 2.35. The van der Waals surface area contributed by atoms with Gasteiger partial charge in [0.1, 0.15) is 11.3 Å². The molecule has 0 spiro atoms. The molecule has 10 heteroatoms. The minimum atomic E-state index is -4.62. The van der Waals surface area contributed by atoms with Gasteiger partial charge in [-0.3, -0.25) is 14.3 Å². The third-order valence-corrected chi connectivity index (χ3v) is 4.81. The Balaban J connectivity index is 1.95. The van der Waals surface area contributed by atoms with E-state index in [1.807, 2.05) is 6.92 Å². The molecular weight excluding hydrogens is 415 g/mol. The summed E-state index contributed by atoms with van der Waals surface area (Å²) in [7, 11) is 0. The lowest BCUT2D eigenvalue weighted by Gasteiger charge is -2.33. The molecule has 1 aromatic carbocycles. The van der Waals surface area contributed by atoms with Crippen molar-refractivity contribution >= 4 is 17.6 Å². The van der Waals surface area contributed by atoms with Crippen molar-refractivity contribution in [2.45, 2.75) is 58.5 Å². The lowest BCUT2D eigenvalue weighted by Crippen LogP contribution is -2.43. The Morgan fingerprint density at radius 2 is 1.94 bits per heavy atom. The van der Waals surface area contributed by atoms with Crippen LogP contribution in [0.1, 0.15) is 60.9 Å². The number of rotatable bonds is 4. The van der Waals surface area contributed by atoms with Crippen LogP contribution >= 0.6 is 0 Å². The first-order chi connectivity index (χ1) is 14.3. The summed E-state index contributed by atoms with van der Waals surface area (Å²) in [6, 6.07) is 2.94. The fourth-order valence-corrected chi connectivity index (χ4v) is 3.56. The molecule has 7 nitrogen and oxygen atoms in total. The van der Waals surface area contributed by atoms with E-state index >= 15 is 0 Å². The number of fused-ring (bicyclic) bond motifs is 1. The van der Waals surface area contributed by atoms with Crippen molar-refractivity contribution in [2.24, 2.45) is 0 Å². The number of halogens is 3. The van der Waals surface area contributed by atoms with E-state index in [0.717, 1.165) is 12.1 Å². The van der Waals surface area contributed by atoms with Crippen LogP contribution in [0, 0.1) is 0 Å². The Morgan fingerprint density at radius 3 is 2.52 bits per heavy atom. The first-order valence-electron chi connectivity index (χ1n) is 9.73. The second-order valence-corrected chi connectivity index (χ2v) is 8.49. The number of esters is 1. The van der Waals surface area contributed by atoms with Crippen molar-refractivity contribution in [1.82, 2.24) is 9.78 Å². The summed E-state index contributed by atoms with van der Waals surface area (Å²) < 4.78 is 46.3. The number of anilines is 1. The molecule has 1 aliphatic heterocycles. The third kappa shape index (κ3) is 4.73. The van der Waals surface area contributed by atoms with E-state index in [1.165, 1.54) is 21.8 Å². The van der Waals surface area contributed by atoms with E-state index in [4.69, 9.17) is 4.74 Å². The number of aliphatic hydroxyl groups excluding tert-OH is 1. The highest BCUT2D eigenvalue weighted by molar-refractivity contribution is 6.07. The highest BCUT2D eigenvalue weighted by atomic mass is 19.4. The Labute approximate surface area is 177 Å². The topological polar surface area (TPSA) is 84.7 Å². The number of ether oxygens (including phenoxy) is 1. The normalized spacial score (nSPS) is 17.0. The van der Waals surface area contributed by atoms with E-state index in [2.05, 4.69) is 5.10 Å². The van der Waals surface area contributed by atoms with Crippen LogP contribution in [0.5, 0.6) is 0 Å². The number of aromatic nitrogens is 2. The van der Waals surface area contributed by atoms with Crippen molar-refractivity contribution in [3.8, 4) is 0 Å². The molecular formula is C21H24F3N3O4. The van der Waals surface area contributed by atoms with E-state index < -0.39 is 35.8 Å². The lowest BCUT2D eigenvalue weighted by atomic mass is 10.0. The molecule has 2 heterocycles. The Hall–Kier alpha value is -2.88. The molecule has 0 radical (unpaired) electrons. The predicted molar refractivity (Wildman–Crippen MR) is 106 cm³/mol. The fraction of sp³-hybridized carbons (Fsp3) is 0.476. The molecule has 0 saturated carbocycles. The molecule has 1 aromatic heterocycles. The van der Waals surface area contributed by atoms with Crippen LogP contribution in [0.3, 0.4) is 0 Å². The molecule has 0 bridgehead atoms. The number of alkyl halides is 3. The summed E-state index contributed by atoms with van der Waals surface area (Å²) >= 11 is 0. The number of benzene rings is 1. The van der Waals surface area contributed by atoms with E-state index in [1.54, 1.807) is 20.8 Å². The number of aliphatic hydroxyl groups is 1. The van der Waals surface area contributed by atoms with E-state index in [-0.39, 0.29) is 36.0 Å². The number of amides is 1. The first kappa shape index (κ1) is 22.8. The molecule has 1 aliphatic rings. The zero-order chi connectivity index (χ0) is 23.1. The van der Waals surface area contributed by atoms with Crippen LogP contribution < -0.4 is 4.90 Å². The summed E-state index contributed by atoms with van der Waals surface area (Å²) in [6.45, 7) is 6.37. The number of hydrogen-bond acceptors (Lipinski definition) is 5.